The highest BCUT2D eigenvalue weighted by Crippen LogP contribution is 2.30. The van der Waals surface area contributed by atoms with E-state index in [-0.39, 0.29) is 6.10 Å². The van der Waals surface area contributed by atoms with E-state index >= 15 is 0 Å². The highest BCUT2D eigenvalue weighted by atomic mass is 79.9. The van der Waals surface area contributed by atoms with Crippen molar-refractivity contribution in [3.05, 3.63) is 34.3 Å². The number of aliphatic hydroxyl groups excluding tert-OH is 1. The van der Waals surface area contributed by atoms with E-state index in [2.05, 4.69) is 27.8 Å². The summed E-state index contributed by atoms with van der Waals surface area (Å²) in [5.41, 5.74) is 1.01. The quantitative estimate of drug-likeness (QED) is 0.831. The van der Waals surface area contributed by atoms with Gasteiger partial charge in [-0.25, -0.2) is 0 Å². The van der Waals surface area contributed by atoms with Crippen LogP contribution in [0.25, 0.3) is 0 Å². The molecule has 0 amide bonds. The third kappa shape index (κ3) is 4.38. The van der Waals surface area contributed by atoms with Gasteiger partial charge in [0, 0.05) is 17.6 Å². The predicted molar refractivity (Wildman–Crippen MR) is 78.6 cm³/mol. The molecule has 1 atom stereocenters. The Kier molecular flexibility index (Phi) is 5.22. The van der Waals surface area contributed by atoms with Crippen LogP contribution >= 0.6 is 15.9 Å². The summed E-state index contributed by atoms with van der Waals surface area (Å²) in [5.74, 6) is 0.926. The lowest BCUT2D eigenvalue weighted by Gasteiger charge is -2.22. The minimum atomic E-state index is -0.341. The number of rotatable bonds is 7. The van der Waals surface area contributed by atoms with Crippen LogP contribution < -0.4 is 0 Å². The summed E-state index contributed by atoms with van der Waals surface area (Å²) in [6.45, 7) is 5.49. The van der Waals surface area contributed by atoms with E-state index in [1.807, 2.05) is 24.3 Å². The summed E-state index contributed by atoms with van der Waals surface area (Å²) in [7, 11) is 0. The first-order valence-electron chi connectivity index (χ1n) is 6.85. The zero-order chi connectivity index (χ0) is 13.0. The van der Waals surface area contributed by atoms with Gasteiger partial charge in [0.2, 0.25) is 0 Å². The summed E-state index contributed by atoms with van der Waals surface area (Å²) in [4.78, 5) is 2.46. The topological polar surface area (TPSA) is 23.5 Å². The molecule has 1 aliphatic carbocycles. The summed E-state index contributed by atoms with van der Waals surface area (Å²) in [6.07, 6.45) is 3.27. The fourth-order valence-corrected chi connectivity index (χ4v) is 2.46. The zero-order valence-electron chi connectivity index (χ0n) is 11.0. The van der Waals surface area contributed by atoms with Gasteiger partial charge in [-0.1, -0.05) is 35.0 Å². The highest BCUT2D eigenvalue weighted by molar-refractivity contribution is 9.10. The Morgan fingerprint density at radius 1 is 1.33 bits per heavy atom. The summed E-state index contributed by atoms with van der Waals surface area (Å²) >= 11 is 3.41. The number of benzene rings is 1. The number of aliphatic hydroxyl groups is 1. The van der Waals surface area contributed by atoms with Gasteiger partial charge in [-0.3, -0.25) is 0 Å². The van der Waals surface area contributed by atoms with Gasteiger partial charge in [-0.2, -0.15) is 0 Å². The Morgan fingerprint density at radius 3 is 2.56 bits per heavy atom. The maximum absolute atomic E-state index is 10.2. The molecule has 0 aliphatic heterocycles. The number of halogens is 1. The molecule has 0 saturated heterocycles. The van der Waals surface area contributed by atoms with Crippen LogP contribution in [0.5, 0.6) is 0 Å². The zero-order valence-corrected chi connectivity index (χ0v) is 12.6. The molecule has 100 valence electrons. The van der Waals surface area contributed by atoms with Crippen LogP contribution in [0.4, 0.5) is 0 Å². The van der Waals surface area contributed by atoms with Gasteiger partial charge in [0.1, 0.15) is 0 Å². The minimum Gasteiger partial charge on any atom is -0.388 e. The van der Waals surface area contributed by atoms with E-state index < -0.39 is 0 Å². The van der Waals surface area contributed by atoms with Crippen LogP contribution in [0.1, 0.15) is 37.9 Å². The fourth-order valence-electron chi connectivity index (χ4n) is 2.20. The van der Waals surface area contributed by atoms with E-state index in [4.69, 9.17) is 0 Å². The molecule has 0 heterocycles. The van der Waals surface area contributed by atoms with E-state index in [1.165, 1.54) is 19.4 Å². The first-order chi connectivity index (χ1) is 8.69. The van der Waals surface area contributed by atoms with Crippen LogP contribution in [0.15, 0.2) is 28.7 Å². The van der Waals surface area contributed by atoms with Crippen LogP contribution in [0.2, 0.25) is 0 Å². The van der Waals surface area contributed by atoms with Crippen LogP contribution in [-0.2, 0) is 0 Å². The SMILES string of the molecule is CCN(CCC(O)c1ccc(Br)cc1)CC1CC1. The van der Waals surface area contributed by atoms with Crippen LogP contribution in [0.3, 0.4) is 0 Å². The molecule has 0 radical (unpaired) electrons. The molecule has 2 nitrogen and oxygen atoms in total. The third-order valence-electron chi connectivity index (χ3n) is 3.63. The Bertz CT molecular complexity index is 361. The first kappa shape index (κ1) is 14.0. The standard InChI is InChI=1S/C15H22BrNO/c1-2-17(11-12-3-4-12)10-9-15(18)13-5-7-14(16)8-6-13/h5-8,12,15,18H,2-4,9-11H2,1H3. The number of nitrogens with zero attached hydrogens (tertiary/aromatic N) is 1. The molecule has 3 heteroatoms. The highest BCUT2D eigenvalue weighted by Gasteiger charge is 2.23. The van der Waals surface area contributed by atoms with Crippen molar-refractivity contribution >= 4 is 15.9 Å². The average Bonchev–Trinajstić information content (AvgIpc) is 3.18. The Balaban J connectivity index is 1.78. The van der Waals surface area contributed by atoms with Gasteiger partial charge in [0.05, 0.1) is 6.10 Å². The van der Waals surface area contributed by atoms with Crippen LogP contribution in [0, 0.1) is 5.92 Å². The second-order valence-electron chi connectivity index (χ2n) is 5.19. The van der Waals surface area contributed by atoms with Gasteiger partial charge in [-0.15, -0.1) is 0 Å². The van der Waals surface area contributed by atoms with Gasteiger partial charge in [0.25, 0.3) is 0 Å². The molecule has 0 spiro atoms. The van der Waals surface area contributed by atoms with E-state index in [0.717, 1.165) is 35.5 Å². The lowest BCUT2D eigenvalue weighted by atomic mass is 10.1. The van der Waals surface area contributed by atoms with Crippen molar-refractivity contribution in [2.24, 2.45) is 5.92 Å². The monoisotopic (exact) mass is 311 g/mol. The molecule has 18 heavy (non-hydrogen) atoms. The van der Waals surface area contributed by atoms with Gasteiger partial charge in [0.15, 0.2) is 0 Å². The maximum Gasteiger partial charge on any atom is 0.0802 e. The first-order valence-corrected chi connectivity index (χ1v) is 7.64. The molecule has 0 bridgehead atoms. The van der Waals surface area contributed by atoms with Crippen molar-refractivity contribution in [3.63, 3.8) is 0 Å². The molecule has 1 aromatic carbocycles. The van der Waals surface area contributed by atoms with E-state index in [9.17, 15) is 5.11 Å². The number of hydrogen-bond acceptors (Lipinski definition) is 2. The average molecular weight is 312 g/mol. The van der Waals surface area contributed by atoms with Gasteiger partial charge < -0.3 is 10.0 Å². The van der Waals surface area contributed by atoms with E-state index in [0.29, 0.717) is 0 Å². The van der Waals surface area contributed by atoms with E-state index in [1.54, 1.807) is 0 Å². The molecular formula is C15H22BrNO. The summed E-state index contributed by atoms with van der Waals surface area (Å²) in [5, 5.41) is 10.2. The van der Waals surface area contributed by atoms with Crippen molar-refractivity contribution < 1.29 is 5.11 Å². The second-order valence-corrected chi connectivity index (χ2v) is 6.11. The summed E-state index contributed by atoms with van der Waals surface area (Å²) in [6, 6.07) is 7.96. The van der Waals surface area contributed by atoms with Crippen molar-refractivity contribution in [1.29, 1.82) is 0 Å². The van der Waals surface area contributed by atoms with Crippen molar-refractivity contribution in [2.45, 2.75) is 32.3 Å². The van der Waals surface area contributed by atoms with Crippen molar-refractivity contribution in [1.82, 2.24) is 4.90 Å². The van der Waals surface area contributed by atoms with Crippen LogP contribution in [-0.4, -0.2) is 29.6 Å². The van der Waals surface area contributed by atoms with Crippen molar-refractivity contribution in [3.8, 4) is 0 Å². The molecule has 2 rings (SSSR count). The molecular weight excluding hydrogens is 290 g/mol. The molecule has 1 aromatic rings. The summed E-state index contributed by atoms with van der Waals surface area (Å²) < 4.78 is 1.06. The fraction of sp³-hybridized carbons (Fsp3) is 0.600. The molecule has 0 aromatic heterocycles. The number of hydrogen-bond donors (Lipinski definition) is 1. The molecule has 1 saturated carbocycles. The maximum atomic E-state index is 10.2. The Hall–Kier alpha value is -0.380. The largest absolute Gasteiger partial charge is 0.388 e. The predicted octanol–water partition coefficient (Wildman–Crippen LogP) is 3.60. The normalized spacial score (nSPS) is 17.1. The lowest BCUT2D eigenvalue weighted by molar-refractivity contribution is 0.142. The second kappa shape index (κ2) is 6.69. The smallest absolute Gasteiger partial charge is 0.0802 e. The van der Waals surface area contributed by atoms with Crippen molar-refractivity contribution in [2.75, 3.05) is 19.6 Å². The minimum absolute atomic E-state index is 0.341. The molecule has 1 N–H and O–H groups in total. The molecule has 1 fully saturated rings. The Morgan fingerprint density at radius 2 is 2.00 bits per heavy atom. The Labute approximate surface area is 118 Å². The van der Waals surface area contributed by atoms with Gasteiger partial charge in [-0.05, 0) is 49.4 Å². The van der Waals surface area contributed by atoms with Gasteiger partial charge >= 0.3 is 0 Å². The third-order valence-corrected chi connectivity index (χ3v) is 4.16. The lowest BCUT2D eigenvalue weighted by Crippen LogP contribution is -2.27. The molecule has 1 aliphatic rings. The molecule has 1 unspecified atom stereocenters.